The number of likely N-dealkylation sites (tertiary alicyclic amines) is 1. The fraction of sp³-hybridized carbons (Fsp3) is 0.500. The molecule has 1 atom stereocenters. The molecular formula is C20H24FN3O3. The molecule has 0 spiro atoms. The van der Waals surface area contributed by atoms with Crippen molar-refractivity contribution in [2.75, 3.05) is 26.3 Å². The van der Waals surface area contributed by atoms with Gasteiger partial charge < -0.3 is 14.2 Å². The topological polar surface area (TPSA) is 56.7 Å². The van der Waals surface area contributed by atoms with E-state index in [4.69, 9.17) is 14.2 Å². The van der Waals surface area contributed by atoms with Crippen molar-refractivity contribution in [3.63, 3.8) is 0 Å². The van der Waals surface area contributed by atoms with Crippen LogP contribution in [0.4, 0.5) is 4.39 Å². The average molecular weight is 373 g/mol. The predicted octanol–water partition coefficient (Wildman–Crippen LogP) is 3.30. The van der Waals surface area contributed by atoms with E-state index in [2.05, 4.69) is 21.8 Å². The van der Waals surface area contributed by atoms with Gasteiger partial charge in [0, 0.05) is 25.2 Å². The number of ether oxygens (including phenoxy) is 3. The second-order valence-corrected chi connectivity index (χ2v) is 7.00. The minimum absolute atomic E-state index is 0.0746. The van der Waals surface area contributed by atoms with Crippen molar-refractivity contribution in [3.05, 3.63) is 41.6 Å². The number of fused-ring (bicyclic) bond motifs is 1. The van der Waals surface area contributed by atoms with Gasteiger partial charge in [-0.3, -0.25) is 9.88 Å². The lowest BCUT2D eigenvalue weighted by atomic mass is 10.0. The highest BCUT2D eigenvalue weighted by atomic mass is 19.1. The highest BCUT2D eigenvalue weighted by molar-refractivity contribution is 5.36. The van der Waals surface area contributed by atoms with E-state index in [1.54, 1.807) is 13.1 Å². The van der Waals surface area contributed by atoms with E-state index >= 15 is 0 Å². The molecule has 7 heteroatoms. The largest absolute Gasteiger partial charge is 0.489 e. The molecule has 0 aromatic carbocycles. The van der Waals surface area contributed by atoms with E-state index in [0.717, 1.165) is 31.6 Å². The monoisotopic (exact) mass is 373 g/mol. The molecular weight excluding hydrogens is 349 g/mol. The van der Waals surface area contributed by atoms with E-state index in [1.165, 1.54) is 6.07 Å². The zero-order chi connectivity index (χ0) is 18.8. The van der Waals surface area contributed by atoms with Gasteiger partial charge in [-0.1, -0.05) is 0 Å². The Hall–Kier alpha value is -2.41. The summed E-state index contributed by atoms with van der Waals surface area (Å²) in [6, 6.07) is 5.53. The molecule has 27 heavy (non-hydrogen) atoms. The molecule has 4 heterocycles. The van der Waals surface area contributed by atoms with Gasteiger partial charge in [0.25, 0.3) is 5.88 Å². The van der Waals surface area contributed by atoms with Crippen LogP contribution >= 0.6 is 0 Å². The molecule has 2 aromatic heterocycles. The first kappa shape index (κ1) is 18.0. The van der Waals surface area contributed by atoms with Crippen LogP contribution in [0, 0.1) is 12.7 Å². The van der Waals surface area contributed by atoms with Crippen molar-refractivity contribution in [1.29, 1.82) is 0 Å². The quantitative estimate of drug-likeness (QED) is 0.820. The SMILES string of the molecule is Cc1ncc(OC2CCN(C(C)c3ccc4c(n3)OCCO4)CC2)cc1F. The average Bonchev–Trinajstić information content (AvgIpc) is 2.70. The molecule has 0 aliphatic carbocycles. The molecule has 4 rings (SSSR count). The fourth-order valence-electron chi connectivity index (χ4n) is 3.49. The highest BCUT2D eigenvalue weighted by Gasteiger charge is 2.26. The predicted molar refractivity (Wildman–Crippen MR) is 97.8 cm³/mol. The van der Waals surface area contributed by atoms with Crippen LogP contribution in [0.1, 0.15) is 37.2 Å². The highest BCUT2D eigenvalue weighted by Crippen LogP contribution is 2.32. The first-order valence-corrected chi connectivity index (χ1v) is 9.39. The molecule has 0 bridgehead atoms. The molecule has 0 N–H and O–H groups in total. The number of pyridine rings is 2. The van der Waals surface area contributed by atoms with Gasteiger partial charge in [-0.2, -0.15) is 0 Å². The number of rotatable bonds is 4. The van der Waals surface area contributed by atoms with E-state index in [9.17, 15) is 4.39 Å². The maximum atomic E-state index is 13.6. The van der Waals surface area contributed by atoms with E-state index in [-0.39, 0.29) is 18.0 Å². The van der Waals surface area contributed by atoms with Gasteiger partial charge in [0.1, 0.15) is 30.9 Å². The van der Waals surface area contributed by atoms with Gasteiger partial charge in [0.15, 0.2) is 5.75 Å². The van der Waals surface area contributed by atoms with Gasteiger partial charge in [-0.25, -0.2) is 9.37 Å². The lowest BCUT2D eigenvalue weighted by Gasteiger charge is -2.36. The van der Waals surface area contributed by atoms with Gasteiger partial charge in [-0.05, 0) is 38.8 Å². The van der Waals surface area contributed by atoms with Crippen LogP contribution in [0.15, 0.2) is 24.4 Å². The standard InChI is InChI=1S/C20H24FN3O3/c1-13-17(21)11-16(12-22-13)27-15-5-7-24(8-6-15)14(2)18-3-4-19-20(23-18)26-10-9-25-19/h3-4,11-12,14-15H,5-10H2,1-2H3. The van der Waals surface area contributed by atoms with E-state index in [0.29, 0.717) is 36.3 Å². The number of aromatic nitrogens is 2. The molecule has 144 valence electrons. The summed E-state index contributed by atoms with van der Waals surface area (Å²) in [7, 11) is 0. The first-order valence-electron chi connectivity index (χ1n) is 9.39. The fourth-order valence-corrected chi connectivity index (χ4v) is 3.49. The zero-order valence-electron chi connectivity index (χ0n) is 15.7. The molecule has 2 aliphatic heterocycles. The molecule has 2 aliphatic rings. The lowest BCUT2D eigenvalue weighted by Crippen LogP contribution is -2.39. The maximum absolute atomic E-state index is 13.6. The smallest absolute Gasteiger partial charge is 0.257 e. The molecule has 1 saturated heterocycles. The van der Waals surface area contributed by atoms with E-state index in [1.807, 2.05) is 12.1 Å². The van der Waals surface area contributed by atoms with Crippen molar-refractivity contribution in [3.8, 4) is 17.4 Å². The van der Waals surface area contributed by atoms with Gasteiger partial charge >= 0.3 is 0 Å². The summed E-state index contributed by atoms with van der Waals surface area (Å²) in [5.41, 5.74) is 1.36. The Kier molecular flexibility index (Phi) is 5.11. The number of hydrogen-bond donors (Lipinski definition) is 0. The molecule has 1 fully saturated rings. The normalized spacial score (nSPS) is 18.9. The van der Waals surface area contributed by atoms with Crippen molar-refractivity contribution in [1.82, 2.24) is 14.9 Å². The van der Waals surface area contributed by atoms with Crippen LogP contribution < -0.4 is 14.2 Å². The third-order valence-electron chi connectivity index (χ3n) is 5.18. The molecule has 0 amide bonds. The van der Waals surface area contributed by atoms with Gasteiger partial charge in [0.2, 0.25) is 0 Å². The third kappa shape index (κ3) is 3.98. The molecule has 0 saturated carbocycles. The van der Waals surface area contributed by atoms with Crippen molar-refractivity contribution >= 4 is 0 Å². The van der Waals surface area contributed by atoms with Crippen LogP contribution in [-0.4, -0.2) is 47.3 Å². The van der Waals surface area contributed by atoms with Crippen LogP contribution in [-0.2, 0) is 0 Å². The summed E-state index contributed by atoms with van der Waals surface area (Å²) in [6.45, 7) is 6.68. The summed E-state index contributed by atoms with van der Waals surface area (Å²) < 4.78 is 30.7. The van der Waals surface area contributed by atoms with Crippen LogP contribution in [0.2, 0.25) is 0 Å². The summed E-state index contributed by atoms with van der Waals surface area (Å²) in [6.07, 6.45) is 3.42. The summed E-state index contributed by atoms with van der Waals surface area (Å²) >= 11 is 0. The second kappa shape index (κ2) is 7.68. The minimum atomic E-state index is -0.330. The number of nitrogens with zero attached hydrogens (tertiary/aromatic N) is 3. The Bertz CT molecular complexity index is 809. The maximum Gasteiger partial charge on any atom is 0.257 e. The summed E-state index contributed by atoms with van der Waals surface area (Å²) in [5, 5.41) is 0. The number of halogens is 1. The van der Waals surface area contributed by atoms with Crippen LogP contribution in [0.3, 0.4) is 0 Å². The Labute approximate surface area is 158 Å². The third-order valence-corrected chi connectivity index (χ3v) is 5.18. The number of hydrogen-bond acceptors (Lipinski definition) is 6. The molecule has 2 aromatic rings. The van der Waals surface area contributed by atoms with Gasteiger partial charge in [-0.15, -0.1) is 0 Å². The Morgan fingerprint density at radius 1 is 1.22 bits per heavy atom. The number of piperidine rings is 1. The summed E-state index contributed by atoms with van der Waals surface area (Å²) in [4.78, 5) is 11.0. The van der Waals surface area contributed by atoms with E-state index < -0.39 is 0 Å². The van der Waals surface area contributed by atoms with Gasteiger partial charge in [0.05, 0.1) is 17.6 Å². The van der Waals surface area contributed by atoms with Crippen molar-refractivity contribution in [2.45, 2.75) is 38.8 Å². The van der Waals surface area contributed by atoms with Crippen LogP contribution in [0.5, 0.6) is 17.4 Å². The lowest BCUT2D eigenvalue weighted by molar-refractivity contribution is 0.0776. The second-order valence-electron chi connectivity index (χ2n) is 7.00. The Balaban J connectivity index is 1.35. The Morgan fingerprint density at radius 3 is 2.78 bits per heavy atom. The summed E-state index contributed by atoms with van der Waals surface area (Å²) in [5.74, 6) is 1.46. The van der Waals surface area contributed by atoms with Crippen molar-refractivity contribution in [2.24, 2.45) is 0 Å². The first-order chi connectivity index (χ1) is 13.1. The molecule has 1 unspecified atom stereocenters. The van der Waals surface area contributed by atoms with Crippen molar-refractivity contribution < 1.29 is 18.6 Å². The molecule has 0 radical (unpaired) electrons. The molecule has 6 nitrogen and oxygen atoms in total. The Morgan fingerprint density at radius 2 is 2.00 bits per heavy atom. The van der Waals surface area contributed by atoms with Crippen LogP contribution in [0.25, 0.3) is 0 Å². The minimum Gasteiger partial charge on any atom is -0.489 e. The number of aryl methyl sites for hydroxylation is 1. The zero-order valence-corrected chi connectivity index (χ0v) is 15.7.